The number of primary sulfonamides is 1. The van der Waals surface area contributed by atoms with Crippen molar-refractivity contribution in [3.05, 3.63) is 28.8 Å². The molecule has 0 spiro atoms. The Kier molecular flexibility index (Phi) is 3.72. The minimum Gasteiger partial charge on any atom is -0.481 e. The quantitative estimate of drug-likeness (QED) is 0.659. The zero-order valence-corrected chi connectivity index (χ0v) is 15.0. The van der Waals surface area contributed by atoms with E-state index in [1.54, 1.807) is 13.8 Å². The van der Waals surface area contributed by atoms with Crippen LogP contribution in [0.2, 0.25) is 0 Å². The van der Waals surface area contributed by atoms with Gasteiger partial charge in [-0.25, -0.2) is 13.6 Å². The van der Waals surface area contributed by atoms with Crippen molar-refractivity contribution in [1.29, 1.82) is 0 Å². The first-order valence-electron chi connectivity index (χ1n) is 7.76. The highest BCUT2D eigenvalue weighted by atomic mass is 32.2. The fraction of sp³-hybridized carbons (Fsp3) is 0.438. The van der Waals surface area contributed by atoms with Gasteiger partial charge in [0.2, 0.25) is 10.0 Å². The van der Waals surface area contributed by atoms with E-state index in [9.17, 15) is 33.0 Å². The molecule has 1 saturated carbocycles. The molecule has 0 radical (unpaired) electrons. The van der Waals surface area contributed by atoms with Gasteiger partial charge < -0.3 is 15.1 Å². The number of rotatable bonds is 4. The molecular weight excluding hydrogens is 364 g/mol. The highest BCUT2D eigenvalue weighted by Crippen LogP contribution is 2.68. The second-order valence-corrected chi connectivity index (χ2v) is 8.60. The Morgan fingerprint density at radius 3 is 2.00 bits per heavy atom. The largest absolute Gasteiger partial charge is 0.481 e. The van der Waals surface area contributed by atoms with Crippen LogP contribution in [0.3, 0.4) is 0 Å². The summed E-state index contributed by atoms with van der Waals surface area (Å²) in [6, 6.07) is 2.63. The number of carboxylic acid groups (broad SMARTS) is 2. The van der Waals surface area contributed by atoms with Crippen molar-refractivity contribution >= 4 is 27.9 Å². The number of aliphatic carboxylic acids is 2. The smallest absolute Gasteiger partial charge is 0.312 e. The number of likely N-dealkylation sites (tertiary alicyclic amines) is 1. The monoisotopic (exact) mass is 382 g/mol. The van der Waals surface area contributed by atoms with Gasteiger partial charge in [-0.1, -0.05) is 0 Å². The van der Waals surface area contributed by atoms with E-state index in [1.807, 2.05) is 0 Å². The van der Waals surface area contributed by atoms with Crippen LogP contribution in [0.5, 0.6) is 0 Å². The van der Waals surface area contributed by atoms with Gasteiger partial charge in [-0.3, -0.25) is 14.4 Å². The first kappa shape index (κ1) is 18.3. The number of carboxylic acids is 2. The molecule has 0 unspecified atom stereocenters. The number of hydrogen-bond donors (Lipinski definition) is 3. The molecule has 9 nitrogen and oxygen atoms in total. The first-order chi connectivity index (χ1) is 11.9. The Hall–Kier alpha value is -2.46. The lowest BCUT2D eigenvalue weighted by Crippen LogP contribution is -2.34. The summed E-state index contributed by atoms with van der Waals surface area (Å²) in [6.45, 7) is 2.73. The van der Waals surface area contributed by atoms with Crippen LogP contribution in [-0.2, 0) is 19.6 Å². The Labute approximate surface area is 149 Å². The van der Waals surface area contributed by atoms with Crippen LogP contribution in [0.4, 0.5) is 0 Å². The van der Waals surface area contributed by atoms with Gasteiger partial charge in [0.05, 0.1) is 4.90 Å². The average Bonchev–Trinajstić information content (AvgIpc) is 3.06. The van der Waals surface area contributed by atoms with E-state index < -0.39 is 38.7 Å². The minimum absolute atomic E-state index is 0.0240. The van der Waals surface area contributed by atoms with Gasteiger partial charge in [0, 0.05) is 18.7 Å². The minimum atomic E-state index is -4.05. The number of aryl methyl sites for hydroxylation is 1. The molecule has 2 aliphatic rings. The van der Waals surface area contributed by atoms with E-state index in [1.165, 1.54) is 6.07 Å². The van der Waals surface area contributed by atoms with Gasteiger partial charge in [0.1, 0.15) is 10.8 Å². The topological polar surface area (TPSA) is 155 Å². The summed E-state index contributed by atoms with van der Waals surface area (Å²) < 4.78 is 23.5. The van der Waals surface area contributed by atoms with Crippen LogP contribution in [0.25, 0.3) is 0 Å². The predicted octanol–water partition coefficient (Wildman–Crippen LogP) is -0.0477. The number of sulfonamides is 1. The van der Waals surface area contributed by atoms with Crippen LogP contribution >= 0.6 is 0 Å². The van der Waals surface area contributed by atoms with Crippen molar-refractivity contribution < 1.29 is 33.0 Å². The normalized spacial score (nSPS) is 27.1. The van der Waals surface area contributed by atoms with Gasteiger partial charge in [0.25, 0.3) is 5.91 Å². The van der Waals surface area contributed by atoms with E-state index in [0.717, 1.165) is 11.0 Å². The third-order valence-corrected chi connectivity index (χ3v) is 6.63. The molecule has 0 bridgehead atoms. The molecule has 3 rings (SSSR count). The van der Waals surface area contributed by atoms with Crippen molar-refractivity contribution in [3.8, 4) is 0 Å². The molecule has 1 aliphatic carbocycles. The molecule has 1 aliphatic heterocycles. The number of nitrogens with zero attached hydrogens (tertiary/aromatic N) is 1. The maximum atomic E-state index is 12.8. The Morgan fingerprint density at radius 1 is 1.08 bits per heavy atom. The summed E-state index contributed by atoms with van der Waals surface area (Å²) in [7, 11) is -4.05. The highest BCUT2D eigenvalue weighted by Gasteiger charge is 2.81. The Morgan fingerprint density at radius 2 is 1.58 bits per heavy atom. The number of benzene rings is 1. The van der Waals surface area contributed by atoms with Crippen molar-refractivity contribution in [3.63, 3.8) is 0 Å². The lowest BCUT2D eigenvalue weighted by molar-refractivity contribution is -0.151. The molecule has 1 heterocycles. The van der Waals surface area contributed by atoms with E-state index in [2.05, 4.69) is 0 Å². The number of amides is 1. The van der Waals surface area contributed by atoms with Crippen LogP contribution < -0.4 is 5.14 Å². The molecule has 2 fully saturated rings. The molecule has 26 heavy (non-hydrogen) atoms. The first-order valence-corrected chi connectivity index (χ1v) is 9.30. The number of hydrogen-bond acceptors (Lipinski definition) is 5. The van der Waals surface area contributed by atoms with Gasteiger partial charge >= 0.3 is 11.9 Å². The lowest BCUT2D eigenvalue weighted by Gasteiger charge is -2.21. The van der Waals surface area contributed by atoms with Crippen molar-refractivity contribution in [2.24, 2.45) is 16.0 Å². The van der Waals surface area contributed by atoms with Crippen molar-refractivity contribution in [2.45, 2.75) is 25.2 Å². The molecule has 1 saturated heterocycles. The second-order valence-electron chi connectivity index (χ2n) is 7.07. The fourth-order valence-electron chi connectivity index (χ4n) is 3.86. The Balaban J connectivity index is 1.99. The summed E-state index contributed by atoms with van der Waals surface area (Å²) in [5.41, 5.74) is -2.00. The van der Waals surface area contributed by atoms with Crippen LogP contribution in [0.15, 0.2) is 17.0 Å². The highest BCUT2D eigenvalue weighted by molar-refractivity contribution is 7.89. The van der Waals surface area contributed by atoms with Gasteiger partial charge in [0.15, 0.2) is 0 Å². The summed E-state index contributed by atoms with van der Waals surface area (Å²) in [6.07, 6.45) is -0.0240. The molecule has 10 heteroatoms. The van der Waals surface area contributed by atoms with Gasteiger partial charge in [-0.05, 0) is 43.5 Å². The Bertz CT molecular complexity index is 943. The maximum absolute atomic E-state index is 12.8. The molecule has 1 amide bonds. The molecule has 0 aromatic heterocycles. The molecule has 2 atom stereocenters. The fourth-order valence-corrected chi connectivity index (χ4v) is 4.74. The van der Waals surface area contributed by atoms with E-state index in [0.29, 0.717) is 11.1 Å². The van der Waals surface area contributed by atoms with Gasteiger partial charge in [-0.15, -0.1) is 0 Å². The number of piperidine rings is 1. The third kappa shape index (κ3) is 2.32. The van der Waals surface area contributed by atoms with Gasteiger partial charge in [-0.2, -0.15) is 0 Å². The van der Waals surface area contributed by atoms with Crippen LogP contribution in [0, 0.1) is 24.7 Å². The number of nitrogens with two attached hydrogens (primary N) is 1. The zero-order valence-electron chi connectivity index (χ0n) is 14.1. The maximum Gasteiger partial charge on any atom is 0.312 e. The van der Waals surface area contributed by atoms with Crippen LogP contribution in [0.1, 0.15) is 27.9 Å². The number of fused-ring (bicyclic) bond motifs is 1. The molecule has 4 N–H and O–H groups in total. The number of carbonyl (C=O) groups is 3. The van der Waals surface area contributed by atoms with Crippen molar-refractivity contribution in [2.75, 3.05) is 13.1 Å². The van der Waals surface area contributed by atoms with Crippen LogP contribution in [-0.4, -0.2) is 54.5 Å². The summed E-state index contributed by atoms with van der Waals surface area (Å²) in [5, 5.41) is 24.1. The van der Waals surface area contributed by atoms with E-state index in [4.69, 9.17) is 5.14 Å². The van der Waals surface area contributed by atoms with E-state index in [-0.39, 0.29) is 30.0 Å². The third-order valence-electron chi connectivity index (χ3n) is 5.60. The summed E-state index contributed by atoms with van der Waals surface area (Å²) in [4.78, 5) is 36.9. The van der Waals surface area contributed by atoms with Crippen molar-refractivity contribution in [1.82, 2.24) is 4.90 Å². The number of carbonyl (C=O) groups excluding carboxylic acids is 1. The average molecular weight is 382 g/mol. The molecule has 1 aromatic carbocycles. The zero-order chi connectivity index (χ0) is 19.7. The standard InChI is InChI=1S/C16H18N2O7S/c1-8-3-10(4-11(9(8)2)26(17,24)25)12(19)18-6-15(13(20)21)5-16(15,7-18)14(22)23/h3-4H,5-7H2,1-2H3,(H,20,21)(H,22,23)(H2,17,24,25)/t15-,16+. The van der Waals surface area contributed by atoms with E-state index >= 15 is 0 Å². The lowest BCUT2D eigenvalue weighted by atomic mass is 9.97. The second kappa shape index (κ2) is 5.27. The summed E-state index contributed by atoms with van der Waals surface area (Å²) in [5.74, 6) is -3.12. The SMILES string of the molecule is Cc1cc(C(=O)N2C[C@@]3(C(=O)O)C[C@@]3(C(=O)O)C2)cc(S(N)(=O)=O)c1C. The predicted molar refractivity (Wildman–Crippen MR) is 87.9 cm³/mol. The molecular formula is C16H18N2O7S. The molecule has 1 aromatic rings. The summed E-state index contributed by atoms with van der Waals surface area (Å²) >= 11 is 0. The molecule has 140 valence electrons.